The van der Waals surface area contributed by atoms with Gasteiger partial charge in [-0.3, -0.25) is 19.2 Å². The van der Waals surface area contributed by atoms with Crippen LogP contribution in [0.3, 0.4) is 0 Å². The Bertz CT molecular complexity index is 1480. The molecule has 9 nitrogen and oxygen atoms in total. The van der Waals surface area contributed by atoms with E-state index in [4.69, 9.17) is 11.0 Å². The molecule has 3 N–H and O–H groups in total. The quantitative estimate of drug-likeness (QED) is 0.528. The van der Waals surface area contributed by atoms with Crippen molar-refractivity contribution in [3.63, 3.8) is 0 Å². The minimum absolute atomic E-state index is 0.178. The van der Waals surface area contributed by atoms with Gasteiger partial charge in [0.05, 0.1) is 35.5 Å². The number of amides is 1. The van der Waals surface area contributed by atoms with E-state index in [1.54, 1.807) is 41.0 Å². The first-order valence-electron chi connectivity index (χ1n) is 9.60. The average Bonchev–Trinajstić information content (AvgIpc) is 3.33. The van der Waals surface area contributed by atoms with Gasteiger partial charge in [0, 0.05) is 30.1 Å². The third-order valence-corrected chi connectivity index (χ3v) is 5.58. The zero-order chi connectivity index (χ0) is 21.7. The van der Waals surface area contributed by atoms with Crippen LogP contribution in [-0.4, -0.2) is 25.9 Å². The Morgan fingerprint density at radius 3 is 2.77 bits per heavy atom. The van der Waals surface area contributed by atoms with Gasteiger partial charge in [0.25, 0.3) is 11.5 Å². The fraction of sp³-hybridized carbons (Fsp3) is 0.136. The van der Waals surface area contributed by atoms with Crippen molar-refractivity contribution in [3.05, 3.63) is 75.3 Å². The molecule has 0 saturated carbocycles. The summed E-state index contributed by atoms with van der Waals surface area (Å²) in [6.45, 7) is 0.563. The molecule has 5 rings (SSSR count). The highest BCUT2D eigenvalue weighted by atomic mass is 16.2. The Morgan fingerprint density at radius 2 is 2.00 bits per heavy atom. The van der Waals surface area contributed by atoms with Crippen molar-refractivity contribution in [3.8, 4) is 17.2 Å². The van der Waals surface area contributed by atoms with E-state index in [0.717, 1.165) is 16.7 Å². The van der Waals surface area contributed by atoms with Gasteiger partial charge in [-0.2, -0.15) is 15.5 Å². The number of nitrogens with zero attached hydrogens (tertiary/aromatic N) is 5. The summed E-state index contributed by atoms with van der Waals surface area (Å²) in [6.07, 6.45) is 1.69. The zero-order valence-corrected chi connectivity index (χ0v) is 16.6. The minimum Gasteiger partial charge on any atom is -0.325 e. The van der Waals surface area contributed by atoms with Gasteiger partial charge in [-0.1, -0.05) is 12.1 Å². The maximum absolute atomic E-state index is 13.2. The number of nitrogens with two attached hydrogens (primary N) is 1. The first-order valence-corrected chi connectivity index (χ1v) is 9.60. The van der Waals surface area contributed by atoms with Crippen LogP contribution in [0.25, 0.3) is 21.9 Å². The highest BCUT2D eigenvalue weighted by Gasteiger charge is 2.32. The predicted octanol–water partition coefficient (Wildman–Crippen LogP) is 1.81. The van der Waals surface area contributed by atoms with Crippen LogP contribution in [0.1, 0.15) is 27.2 Å². The molecule has 0 atom stereocenters. The van der Waals surface area contributed by atoms with Crippen molar-refractivity contribution in [2.75, 3.05) is 4.90 Å². The lowest BCUT2D eigenvalue weighted by atomic mass is 10.0. The molecule has 2 aromatic heterocycles. The molecule has 1 aliphatic heterocycles. The van der Waals surface area contributed by atoms with Gasteiger partial charge < -0.3 is 5.73 Å². The maximum Gasteiger partial charge on any atom is 0.272 e. The summed E-state index contributed by atoms with van der Waals surface area (Å²) in [7, 11) is 1.77. The summed E-state index contributed by atoms with van der Waals surface area (Å²) in [5.41, 5.74) is 9.45. The van der Waals surface area contributed by atoms with Crippen molar-refractivity contribution in [1.82, 2.24) is 20.0 Å². The number of aryl methyl sites for hydroxylation is 1. The van der Waals surface area contributed by atoms with E-state index < -0.39 is 0 Å². The van der Waals surface area contributed by atoms with E-state index in [1.165, 1.54) is 0 Å². The highest BCUT2D eigenvalue weighted by molar-refractivity contribution is 6.11. The maximum atomic E-state index is 13.2. The van der Waals surface area contributed by atoms with Gasteiger partial charge in [-0.15, -0.1) is 0 Å². The van der Waals surface area contributed by atoms with Crippen LogP contribution in [0.4, 0.5) is 5.82 Å². The SMILES string of the molecule is Cn1ncc(-c2ccc3c(=O)[nH]nc(CN)c3c2)c1N1Cc2ccc(C#N)cc2C1=O. The molecule has 2 aromatic carbocycles. The zero-order valence-electron chi connectivity index (χ0n) is 16.6. The van der Waals surface area contributed by atoms with Crippen LogP contribution in [-0.2, 0) is 20.1 Å². The van der Waals surface area contributed by atoms with Gasteiger partial charge in [0.2, 0.25) is 0 Å². The van der Waals surface area contributed by atoms with Gasteiger partial charge >= 0.3 is 0 Å². The fourth-order valence-electron chi connectivity index (χ4n) is 4.04. The number of fused-ring (bicyclic) bond motifs is 2. The third kappa shape index (κ3) is 2.81. The molecule has 1 amide bonds. The monoisotopic (exact) mass is 411 g/mol. The van der Waals surface area contributed by atoms with Gasteiger partial charge in [0.15, 0.2) is 0 Å². The number of benzene rings is 2. The molecule has 9 heteroatoms. The van der Waals surface area contributed by atoms with E-state index in [-0.39, 0.29) is 18.0 Å². The van der Waals surface area contributed by atoms with E-state index in [1.807, 2.05) is 18.2 Å². The van der Waals surface area contributed by atoms with Crippen molar-refractivity contribution in [2.24, 2.45) is 12.8 Å². The number of nitrogens with one attached hydrogen (secondary N) is 1. The minimum atomic E-state index is -0.288. The van der Waals surface area contributed by atoms with Crippen LogP contribution in [0.2, 0.25) is 0 Å². The molecule has 0 saturated heterocycles. The number of aromatic amines is 1. The largest absolute Gasteiger partial charge is 0.325 e. The molecule has 0 radical (unpaired) electrons. The molecule has 0 aliphatic carbocycles. The van der Waals surface area contributed by atoms with Crippen molar-refractivity contribution < 1.29 is 4.79 Å². The molecule has 0 fully saturated rings. The van der Waals surface area contributed by atoms with E-state index in [9.17, 15) is 9.59 Å². The lowest BCUT2D eigenvalue weighted by Crippen LogP contribution is -2.26. The molecule has 4 aromatic rings. The number of aromatic nitrogens is 4. The normalized spacial score (nSPS) is 12.9. The first-order chi connectivity index (χ1) is 15.0. The molecule has 0 unspecified atom stereocenters. The van der Waals surface area contributed by atoms with Crippen molar-refractivity contribution in [2.45, 2.75) is 13.1 Å². The van der Waals surface area contributed by atoms with E-state index in [0.29, 0.717) is 40.0 Å². The van der Waals surface area contributed by atoms with Crippen molar-refractivity contribution >= 4 is 22.5 Å². The predicted molar refractivity (Wildman–Crippen MR) is 114 cm³/mol. The van der Waals surface area contributed by atoms with Crippen LogP contribution in [0.15, 0.2) is 47.4 Å². The second-order valence-corrected chi connectivity index (χ2v) is 7.34. The number of hydrogen-bond donors (Lipinski definition) is 2. The first kappa shape index (κ1) is 18.7. The Hall–Kier alpha value is -4.29. The number of rotatable bonds is 3. The molecular weight excluding hydrogens is 394 g/mol. The Morgan fingerprint density at radius 1 is 1.16 bits per heavy atom. The summed E-state index contributed by atoms with van der Waals surface area (Å²) in [6, 6.07) is 12.6. The lowest BCUT2D eigenvalue weighted by Gasteiger charge is -2.18. The smallest absolute Gasteiger partial charge is 0.272 e. The van der Waals surface area contributed by atoms with Gasteiger partial charge in [-0.05, 0) is 35.4 Å². The molecular formula is C22H17N7O2. The standard InChI is InChI=1S/C22H17N7O2/c1-28-21(29-11-14-3-2-12(8-23)6-16(14)22(29)31)18(10-25-28)13-4-5-15-17(7-13)19(9-24)26-27-20(15)30/h2-7,10H,9,11,24H2,1H3,(H,27,30). The fourth-order valence-corrected chi connectivity index (χ4v) is 4.04. The molecule has 0 bridgehead atoms. The number of anilines is 1. The average molecular weight is 411 g/mol. The van der Waals surface area contributed by atoms with E-state index in [2.05, 4.69) is 21.4 Å². The lowest BCUT2D eigenvalue weighted by molar-refractivity contribution is 0.0995. The number of nitriles is 1. The highest BCUT2D eigenvalue weighted by Crippen LogP contribution is 2.36. The second kappa shape index (κ2) is 6.90. The molecule has 3 heterocycles. The summed E-state index contributed by atoms with van der Waals surface area (Å²) in [5, 5.41) is 21.2. The van der Waals surface area contributed by atoms with Crippen molar-refractivity contribution in [1.29, 1.82) is 5.26 Å². The number of carbonyl (C=O) groups excluding carboxylic acids is 1. The van der Waals surface area contributed by atoms with Crippen LogP contribution < -0.4 is 16.2 Å². The van der Waals surface area contributed by atoms with Crippen LogP contribution >= 0.6 is 0 Å². The Kier molecular flexibility index (Phi) is 4.16. The molecule has 152 valence electrons. The summed E-state index contributed by atoms with van der Waals surface area (Å²) < 4.78 is 1.65. The summed E-state index contributed by atoms with van der Waals surface area (Å²) in [4.78, 5) is 27.0. The van der Waals surface area contributed by atoms with E-state index >= 15 is 0 Å². The van der Waals surface area contributed by atoms with Gasteiger partial charge in [-0.25, -0.2) is 5.10 Å². The van der Waals surface area contributed by atoms with Gasteiger partial charge in [0.1, 0.15) is 5.82 Å². The third-order valence-electron chi connectivity index (χ3n) is 5.58. The topological polar surface area (TPSA) is 134 Å². The number of hydrogen-bond acceptors (Lipinski definition) is 6. The Balaban J connectivity index is 1.64. The second-order valence-electron chi connectivity index (χ2n) is 7.34. The van der Waals surface area contributed by atoms with Crippen LogP contribution in [0, 0.1) is 11.3 Å². The number of carbonyl (C=O) groups is 1. The van der Waals surface area contributed by atoms with Crippen LogP contribution in [0.5, 0.6) is 0 Å². The summed E-state index contributed by atoms with van der Waals surface area (Å²) in [5.74, 6) is 0.449. The Labute approximate surface area is 176 Å². The molecule has 1 aliphatic rings. The number of H-pyrrole nitrogens is 1. The summed E-state index contributed by atoms with van der Waals surface area (Å²) >= 11 is 0. The molecule has 31 heavy (non-hydrogen) atoms. The molecule has 0 spiro atoms.